The molecular formula is C16H18FIN6O. The minimum absolute atomic E-state index is 0. The van der Waals surface area contributed by atoms with Gasteiger partial charge in [0.2, 0.25) is 0 Å². The van der Waals surface area contributed by atoms with Crippen molar-refractivity contribution < 1.29 is 9.50 Å². The highest BCUT2D eigenvalue weighted by molar-refractivity contribution is 14.0. The minimum atomic E-state index is -0.646. The Bertz CT molecular complexity index is 882. The molecule has 0 saturated carbocycles. The topological polar surface area (TPSA) is 86.8 Å². The van der Waals surface area contributed by atoms with Crippen molar-refractivity contribution in [2.45, 2.75) is 13.1 Å². The zero-order valence-corrected chi connectivity index (χ0v) is 15.8. The summed E-state index contributed by atoms with van der Waals surface area (Å²) in [4.78, 5) is 4.12. The summed E-state index contributed by atoms with van der Waals surface area (Å²) in [5.41, 5.74) is 1.47. The van der Waals surface area contributed by atoms with Gasteiger partial charge in [0.15, 0.2) is 29.0 Å². The van der Waals surface area contributed by atoms with Gasteiger partial charge in [0.1, 0.15) is 0 Å². The van der Waals surface area contributed by atoms with E-state index in [1.54, 1.807) is 13.1 Å². The van der Waals surface area contributed by atoms with Crippen molar-refractivity contribution in [3.8, 4) is 5.75 Å². The third-order valence-electron chi connectivity index (χ3n) is 3.49. The van der Waals surface area contributed by atoms with Crippen molar-refractivity contribution >= 4 is 35.6 Å². The summed E-state index contributed by atoms with van der Waals surface area (Å²) in [6, 6.07) is 9.94. The van der Waals surface area contributed by atoms with Crippen LogP contribution in [0.3, 0.4) is 0 Å². The molecule has 3 aromatic rings. The lowest BCUT2D eigenvalue weighted by atomic mass is 10.2. The van der Waals surface area contributed by atoms with Crippen LogP contribution in [0.4, 0.5) is 4.39 Å². The number of rotatable bonds is 4. The molecule has 0 unspecified atom stereocenters. The predicted octanol–water partition coefficient (Wildman–Crippen LogP) is 2.06. The van der Waals surface area contributed by atoms with Gasteiger partial charge in [-0.05, 0) is 29.8 Å². The van der Waals surface area contributed by atoms with Gasteiger partial charge in [-0.1, -0.05) is 12.1 Å². The second-order valence-corrected chi connectivity index (χ2v) is 5.11. The quantitative estimate of drug-likeness (QED) is 0.318. The third-order valence-corrected chi connectivity index (χ3v) is 3.49. The number of nitrogens with one attached hydrogen (secondary N) is 2. The Kier molecular flexibility index (Phi) is 6.51. The number of fused-ring (bicyclic) bond motifs is 1. The molecule has 0 aliphatic rings. The second kappa shape index (κ2) is 8.60. The number of phenolic OH excluding ortho intramolecular Hbond substituents is 1. The molecule has 132 valence electrons. The molecule has 0 saturated heterocycles. The molecule has 0 atom stereocenters. The largest absolute Gasteiger partial charge is 0.505 e. The van der Waals surface area contributed by atoms with Crippen molar-refractivity contribution in [2.75, 3.05) is 7.05 Å². The molecule has 3 rings (SSSR count). The molecular weight excluding hydrogens is 438 g/mol. The molecule has 0 amide bonds. The summed E-state index contributed by atoms with van der Waals surface area (Å²) in [5.74, 6) is 0.299. The van der Waals surface area contributed by atoms with Gasteiger partial charge in [-0.2, -0.15) is 0 Å². The molecule has 0 fully saturated rings. The van der Waals surface area contributed by atoms with E-state index in [1.807, 2.05) is 28.8 Å². The Morgan fingerprint density at radius 3 is 2.76 bits per heavy atom. The molecule has 2 aromatic heterocycles. The first-order valence-corrected chi connectivity index (χ1v) is 7.38. The lowest BCUT2D eigenvalue weighted by Crippen LogP contribution is -2.36. The molecule has 3 N–H and O–H groups in total. The maximum absolute atomic E-state index is 13.3. The molecule has 0 aliphatic carbocycles. The Balaban J connectivity index is 0.00000225. The number of hydrogen-bond acceptors (Lipinski definition) is 4. The van der Waals surface area contributed by atoms with Crippen molar-refractivity contribution in [1.82, 2.24) is 25.2 Å². The van der Waals surface area contributed by atoms with Gasteiger partial charge in [-0.15, -0.1) is 34.2 Å². The van der Waals surface area contributed by atoms with Crippen molar-refractivity contribution in [1.29, 1.82) is 0 Å². The van der Waals surface area contributed by atoms with Crippen LogP contribution in [0.1, 0.15) is 11.4 Å². The summed E-state index contributed by atoms with van der Waals surface area (Å²) < 4.78 is 15.2. The average Bonchev–Trinajstić information content (AvgIpc) is 3.01. The monoisotopic (exact) mass is 456 g/mol. The Morgan fingerprint density at radius 1 is 1.20 bits per heavy atom. The van der Waals surface area contributed by atoms with E-state index < -0.39 is 5.82 Å². The van der Waals surface area contributed by atoms with Crippen molar-refractivity contribution in [3.63, 3.8) is 0 Å². The van der Waals surface area contributed by atoms with E-state index in [0.29, 0.717) is 24.6 Å². The number of hydrogen-bond donors (Lipinski definition) is 3. The van der Waals surface area contributed by atoms with Crippen LogP contribution in [0, 0.1) is 5.82 Å². The smallest absolute Gasteiger partial charge is 0.191 e. The Morgan fingerprint density at radius 2 is 2.00 bits per heavy atom. The fourth-order valence-corrected chi connectivity index (χ4v) is 2.24. The SMILES string of the molecule is CN=C(NCc1ccc(O)c(F)c1)NCc1nnc2ccccn12.I. The molecule has 9 heteroatoms. The van der Waals surface area contributed by atoms with E-state index >= 15 is 0 Å². The second-order valence-electron chi connectivity index (χ2n) is 5.11. The van der Waals surface area contributed by atoms with E-state index in [-0.39, 0.29) is 29.7 Å². The van der Waals surface area contributed by atoms with E-state index in [4.69, 9.17) is 0 Å². The number of nitrogens with zero attached hydrogens (tertiary/aromatic N) is 4. The van der Waals surface area contributed by atoms with Gasteiger partial charge in [0.05, 0.1) is 6.54 Å². The van der Waals surface area contributed by atoms with Crippen LogP contribution in [0.5, 0.6) is 5.75 Å². The van der Waals surface area contributed by atoms with E-state index in [9.17, 15) is 9.50 Å². The van der Waals surface area contributed by atoms with Crippen LogP contribution in [-0.4, -0.2) is 32.7 Å². The maximum Gasteiger partial charge on any atom is 0.191 e. The van der Waals surface area contributed by atoms with Gasteiger partial charge in [0.25, 0.3) is 0 Å². The summed E-state index contributed by atoms with van der Waals surface area (Å²) in [5, 5.41) is 23.6. The van der Waals surface area contributed by atoms with Crippen LogP contribution in [-0.2, 0) is 13.1 Å². The zero-order chi connectivity index (χ0) is 16.9. The summed E-state index contributed by atoms with van der Waals surface area (Å²) in [6.45, 7) is 0.812. The summed E-state index contributed by atoms with van der Waals surface area (Å²) in [7, 11) is 1.65. The number of benzene rings is 1. The first kappa shape index (κ1) is 18.9. The van der Waals surface area contributed by atoms with Crippen LogP contribution in [0.25, 0.3) is 5.65 Å². The van der Waals surface area contributed by atoms with Gasteiger partial charge in [0, 0.05) is 19.8 Å². The molecule has 2 heterocycles. The lowest BCUT2D eigenvalue weighted by molar-refractivity contribution is 0.431. The number of aromatic nitrogens is 3. The maximum atomic E-state index is 13.3. The summed E-state index contributed by atoms with van der Waals surface area (Å²) >= 11 is 0. The van der Waals surface area contributed by atoms with Gasteiger partial charge < -0.3 is 15.7 Å². The molecule has 0 bridgehead atoms. The number of guanidine groups is 1. The zero-order valence-electron chi connectivity index (χ0n) is 13.5. The number of phenols is 1. The van der Waals surface area contributed by atoms with Gasteiger partial charge in [-0.25, -0.2) is 4.39 Å². The normalized spacial score (nSPS) is 11.2. The van der Waals surface area contributed by atoms with Crippen molar-refractivity contribution in [2.24, 2.45) is 4.99 Å². The molecule has 0 radical (unpaired) electrons. The number of aromatic hydroxyl groups is 1. The van der Waals surface area contributed by atoms with E-state index in [2.05, 4.69) is 25.8 Å². The fourth-order valence-electron chi connectivity index (χ4n) is 2.24. The van der Waals surface area contributed by atoms with Crippen LogP contribution >= 0.6 is 24.0 Å². The van der Waals surface area contributed by atoms with Crippen LogP contribution in [0.15, 0.2) is 47.6 Å². The minimum Gasteiger partial charge on any atom is -0.505 e. The number of aliphatic imine (C=N–C) groups is 1. The first-order chi connectivity index (χ1) is 11.7. The molecule has 25 heavy (non-hydrogen) atoms. The molecule has 0 aliphatic heterocycles. The van der Waals surface area contributed by atoms with E-state index in [0.717, 1.165) is 11.5 Å². The molecule has 0 spiro atoms. The van der Waals surface area contributed by atoms with Crippen molar-refractivity contribution in [3.05, 3.63) is 59.8 Å². The van der Waals surface area contributed by atoms with Gasteiger partial charge in [-0.3, -0.25) is 9.39 Å². The molecule has 7 nitrogen and oxygen atoms in total. The highest BCUT2D eigenvalue weighted by Gasteiger charge is 2.06. The number of pyridine rings is 1. The first-order valence-electron chi connectivity index (χ1n) is 7.38. The third kappa shape index (κ3) is 4.56. The fraction of sp³-hybridized carbons (Fsp3) is 0.188. The average molecular weight is 456 g/mol. The lowest BCUT2D eigenvalue weighted by Gasteiger charge is -2.11. The Labute approximate surface area is 161 Å². The molecule has 1 aromatic carbocycles. The predicted molar refractivity (Wildman–Crippen MR) is 104 cm³/mol. The van der Waals surface area contributed by atoms with Crippen LogP contribution in [0.2, 0.25) is 0 Å². The van der Waals surface area contributed by atoms with Crippen LogP contribution < -0.4 is 10.6 Å². The highest BCUT2D eigenvalue weighted by atomic mass is 127. The highest BCUT2D eigenvalue weighted by Crippen LogP contribution is 2.15. The Hall–Kier alpha value is -2.43. The van der Waals surface area contributed by atoms with E-state index in [1.165, 1.54) is 12.1 Å². The summed E-state index contributed by atoms with van der Waals surface area (Å²) in [6.07, 6.45) is 1.89. The number of halogens is 2. The van der Waals surface area contributed by atoms with Gasteiger partial charge >= 0.3 is 0 Å². The standard InChI is InChI=1S/C16H17FN6O.HI/c1-18-16(19-9-11-5-6-13(24)12(17)8-11)20-10-15-22-21-14-4-2-3-7-23(14)15;/h2-8,24H,9-10H2,1H3,(H2,18,19,20);1H.